The van der Waals surface area contributed by atoms with Crippen molar-refractivity contribution in [3.8, 4) is 0 Å². The Hall–Kier alpha value is -2.26. The summed E-state index contributed by atoms with van der Waals surface area (Å²) in [4.78, 5) is 30.3. The number of carbonyl (C=O) groups excluding carboxylic acids is 1. The molecule has 0 saturated heterocycles. The summed E-state index contributed by atoms with van der Waals surface area (Å²) in [5.41, 5.74) is -0.234. The highest BCUT2D eigenvalue weighted by molar-refractivity contribution is 7.99. The number of H-pyrrole nitrogens is 1. The molecular weight excluding hydrogens is 344 g/mol. The molecule has 1 aromatic carbocycles. The predicted molar refractivity (Wildman–Crippen MR) is 86.0 cm³/mol. The molecule has 9 heteroatoms. The molecule has 5 nitrogen and oxygen atoms in total. The second-order valence-corrected chi connectivity index (χ2v) is 6.32. The van der Waals surface area contributed by atoms with E-state index in [1.54, 1.807) is 11.4 Å². The van der Waals surface area contributed by atoms with Crippen LogP contribution in [0.3, 0.4) is 0 Å². The maximum absolute atomic E-state index is 13.4. The van der Waals surface area contributed by atoms with Gasteiger partial charge in [-0.25, -0.2) is 13.8 Å². The van der Waals surface area contributed by atoms with E-state index in [-0.39, 0.29) is 16.5 Å². The zero-order chi connectivity index (χ0) is 16.4. The van der Waals surface area contributed by atoms with E-state index in [4.69, 9.17) is 0 Å². The number of hydrogen-bond acceptors (Lipinski definition) is 5. The van der Waals surface area contributed by atoms with Gasteiger partial charge in [0, 0.05) is 0 Å². The van der Waals surface area contributed by atoms with Crippen LogP contribution < -0.4 is 10.9 Å². The van der Waals surface area contributed by atoms with Gasteiger partial charge in [-0.3, -0.25) is 9.59 Å². The highest BCUT2D eigenvalue weighted by atomic mass is 32.2. The molecule has 0 aliphatic rings. The van der Waals surface area contributed by atoms with Crippen molar-refractivity contribution in [1.29, 1.82) is 0 Å². The van der Waals surface area contributed by atoms with Gasteiger partial charge >= 0.3 is 0 Å². The first kappa shape index (κ1) is 15.6. The third-order valence-corrected chi connectivity index (χ3v) is 4.64. The number of rotatable bonds is 4. The zero-order valence-electron chi connectivity index (χ0n) is 11.4. The molecule has 0 bridgehead atoms. The molecule has 0 radical (unpaired) electrons. The first-order chi connectivity index (χ1) is 11.0. The van der Waals surface area contributed by atoms with E-state index in [2.05, 4.69) is 15.3 Å². The lowest BCUT2D eigenvalue weighted by Crippen LogP contribution is -2.17. The van der Waals surface area contributed by atoms with Crippen LogP contribution in [0.15, 0.2) is 39.6 Å². The predicted octanol–water partition coefficient (Wildman–Crippen LogP) is 2.99. The number of para-hydroxylation sites is 1. The van der Waals surface area contributed by atoms with E-state index in [0.29, 0.717) is 10.2 Å². The van der Waals surface area contributed by atoms with Crippen molar-refractivity contribution < 1.29 is 13.6 Å². The van der Waals surface area contributed by atoms with E-state index in [1.807, 2.05) is 0 Å². The average Bonchev–Trinajstić information content (AvgIpc) is 2.98. The van der Waals surface area contributed by atoms with Crippen LogP contribution in [-0.2, 0) is 4.79 Å². The first-order valence-corrected chi connectivity index (χ1v) is 8.25. The summed E-state index contributed by atoms with van der Waals surface area (Å²) in [5, 5.41) is 4.18. The molecule has 2 N–H and O–H groups in total. The third kappa shape index (κ3) is 3.40. The number of thioether (sulfide) groups is 1. The van der Waals surface area contributed by atoms with Crippen LogP contribution in [0.2, 0.25) is 0 Å². The molecule has 0 saturated carbocycles. The van der Waals surface area contributed by atoms with Crippen LogP contribution >= 0.6 is 23.1 Å². The number of hydrogen-bond donors (Lipinski definition) is 2. The molecule has 0 unspecified atom stereocenters. The van der Waals surface area contributed by atoms with Crippen molar-refractivity contribution in [3.05, 3.63) is 51.6 Å². The Morgan fingerprint density at radius 3 is 2.78 bits per heavy atom. The summed E-state index contributed by atoms with van der Waals surface area (Å²) in [6.07, 6.45) is 0. The van der Waals surface area contributed by atoms with Gasteiger partial charge in [0.2, 0.25) is 5.91 Å². The quantitative estimate of drug-likeness (QED) is 0.559. The smallest absolute Gasteiger partial charge is 0.269 e. The third-order valence-electron chi connectivity index (χ3n) is 2.86. The van der Waals surface area contributed by atoms with Gasteiger partial charge in [-0.1, -0.05) is 17.8 Å². The molecule has 23 heavy (non-hydrogen) atoms. The number of aromatic amines is 1. The Kier molecular flexibility index (Phi) is 4.39. The van der Waals surface area contributed by atoms with Gasteiger partial charge in [-0.2, -0.15) is 0 Å². The van der Waals surface area contributed by atoms with Crippen molar-refractivity contribution >= 4 is 44.9 Å². The lowest BCUT2D eigenvalue weighted by atomic mass is 10.3. The van der Waals surface area contributed by atoms with Crippen LogP contribution in [0.25, 0.3) is 10.2 Å². The summed E-state index contributed by atoms with van der Waals surface area (Å²) in [7, 11) is 0. The highest BCUT2D eigenvalue weighted by Gasteiger charge is 2.13. The van der Waals surface area contributed by atoms with Crippen molar-refractivity contribution in [2.75, 3.05) is 11.1 Å². The molecule has 2 heterocycles. The van der Waals surface area contributed by atoms with Gasteiger partial charge in [0.25, 0.3) is 5.56 Å². The summed E-state index contributed by atoms with van der Waals surface area (Å²) < 4.78 is 27.4. The number of fused-ring (bicyclic) bond motifs is 1. The van der Waals surface area contributed by atoms with E-state index >= 15 is 0 Å². The molecule has 1 amide bonds. The standard InChI is InChI=1S/C14H9F2N3O2S2/c15-7-2-1-3-8(16)11(7)18-10(20)6-23-14-17-9-4-5-22-12(9)13(21)19-14/h1-5H,6H2,(H,18,20)(H,17,19,21). The largest absolute Gasteiger partial charge is 0.320 e. The highest BCUT2D eigenvalue weighted by Crippen LogP contribution is 2.20. The van der Waals surface area contributed by atoms with Crippen molar-refractivity contribution in [2.45, 2.75) is 5.16 Å². The lowest BCUT2D eigenvalue weighted by molar-refractivity contribution is -0.113. The second kappa shape index (κ2) is 6.47. The maximum Gasteiger partial charge on any atom is 0.269 e. The van der Waals surface area contributed by atoms with Gasteiger partial charge in [0.1, 0.15) is 22.0 Å². The Morgan fingerprint density at radius 1 is 1.30 bits per heavy atom. The Morgan fingerprint density at radius 2 is 2.04 bits per heavy atom. The van der Waals surface area contributed by atoms with Gasteiger partial charge < -0.3 is 10.3 Å². The molecule has 118 valence electrons. The Bertz CT molecular complexity index is 919. The molecule has 0 spiro atoms. The summed E-state index contributed by atoms with van der Waals surface area (Å²) in [5.74, 6) is -2.46. The van der Waals surface area contributed by atoms with E-state index in [0.717, 1.165) is 23.9 Å². The number of halogens is 2. The molecule has 0 fully saturated rings. The minimum atomic E-state index is -0.852. The Labute approximate surface area is 136 Å². The minimum Gasteiger partial charge on any atom is -0.320 e. The lowest BCUT2D eigenvalue weighted by Gasteiger charge is -2.07. The Balaban J connectivity index is 1.69. The van der Waals surface area contributed by atoms with E-state index in [1.165, 1.54) is 17.4 Å². The second-order valence-electron chi connectivity index (χ2n) is 4.44. The normalized spacial score (nSPS) is 10.9. The van der Waals surface area contributed by atoms with Crippen molar-refractivity contribution in [2.24, 2.45) is 0 Å². The van der Waals surface area contributed by atoms with Crippen molar-refractivity contribution in [1.82, 2.24) is 9.97 Å². The van der Waals surface area contributed by atoms with Gasteiger partial charge in [0.05, 0.1) is 11.3 Å². The number of amides is 1. The topological polar surface area (TPSA) is 74.8 Å². The van der Waals surface area contributed by atoms with E-state index in [9.17, 15) is 18.4 Å². The fourth-order valence-corrected chi connectivity index (χ4v) is 3.24. The van der Waals surface area contributed by atoms with Gasteiger partial charge in [-0.05, 0) is 23.6 Å². The van der Waals surface area contributed by atoms with Crippen LogP contribution in [0.1, 0.15) is 0 Å². The first-order valence-electron chi connectivity index (χ1n) is 6.39. The van der Waals surface area contributed by atoms with E-state index < -0.39 is 23.2 Å². The van der Waals surface area contributed by atoms with Gasteiger partial charge in [0.15, 0.2) is 5.16 Å². The van der Waals surface area contributed by atoms with Gasteiger partial charge in [-0.15, -0.1) is 11.3 Å². The molecule has 3 rings (SSSR count). The summed E-state index contributed by atoms with van der Waals surface area (Å²) >= 11 is 2.25. The molecule has 0 atom stereocenters. The number of anilines is 1. The molecule has 2 aromatic heterocycles. The number of thiophene rings is 1. The minimum absolute atomic E-state index is 0.146. The number of aromatic nitrogens is 2. The number of nitrogens with zero attached hydrogens (tertiary/aromatic N) is 1. The zero-order valence-corrected chi connectivity index (χ0v) is 13.1. The molecule has 0 aliphatic heterocycles. The molecule has 0 aliphatic carbocycles. The number of nitrogens with one attached hydrogen (secondary N) is 2. The fourth-order valence-electron chi connectivity index (χ4n) is 1.85. The van der Waals surface area contributed by atoms with Crippen LogP contribution in [0.5, 0.6) is 0 Å². The fraction of sp³-hybridized carbons (Fsp3) is 0.0714. The maximum atomic E-state index is 13.4. The number of benzene rings is 1. The average molecular weight is 353 g/mol. The van der Waals surface area contributed by atoms with Crippen LogP contribution in [0.4, 0.5) is 14.5 Å². The summed E-state index contributed by atoms with van der Waals surface area (Å²) in [6, 6.07) is 5.01. The SMILES string of the molecule is O=C(CSc1nc2ccsc2c(=O)[nH]1)Nc1c(F)cccc1F. The monoisotopic (exact) mass is 353 g/mol. The number of carbonyl (C=O) groups is 1. The van der Waals surface area contributed by atoms with Crippen LogP contribution in [-0.4, -0.2) is 21.6 Å². The summed E-state index contributed by atoms with van der Waals surface area (Å²) in [6.45, 7) is 0. The molecular formula is C14H9F2N3O2S2. The molecule has 3 aromatic rings. The van der Waals surface area contributed by atoms with Crippen LogP contribution in [0, 0.1) is 11.6 Å². The van der Waals surface area contributed by atoms with Crippen molar-refractivity contribution in [3.63, 3.8) is 0 Å².